The molecule has 0 spiro atoms. The fourth-order valence-electron chi connectivity index (χ4n) is 5.42. The second-order valence-electron chi connectivity index (χ2n) is 9.44. The van der Waals surface area contributed by atoms with Gasteiger partial charge in [-0.05, 0) is 53.6 Å². The molecule has 0 fully saturated rings. The number of fused-ring (bicyclic) bond motifs is 1. The van der Waals surface area contributed by atoms with E-state index in [1.165, 1.54) is 22.3 Å². The maximum absolute atomic E-state index is 13.0. The Bertz CT molecular complexity index is 1280. The van der Waals surface area contributed by atoms with Crippen molar-refractivity contribution in [2.45, 2.75) is 30.6 Å². The maximum Gasteiger partial charge on any atom is 0.251 e. The summed E-state index contributed by atoms with van der Waals surface area (Å²) in [6, 6.07) is 39.6. The van der Waals surface area contributed by atoms with E-state index in [0.717, 1.165) is 19.3 Å². The van der Waals surface area contributed by atoms with E-state index in [2.05, 4.69) is 96.3 Å². The minimum absolute atomic E-state index is 0.0142. The molecule has 174 valence electrons. The van der Waals surface area contributed by atoms with E-state index >= 15 is 0 Å². The van der Waals surface area contributed by atoms with Gasteiger partial charge in [0, 0.05) is 23.4 Å². The second-order valence-corrected chi connectivity index (χ2v) is 9.44. The average Bonchev–Trinajstić information content (AvgIpc) is 2.93. The summed E-state index contributed by atoms with van der Waals surface area (Å²) in [5.74, 6) is 0.364. The molecule has 0 saturated heterocycles. The van der Waals surface area contributed by atoms with Crippen molar-refractivity contribution in [3.8, 4) is 0 Å². The summed E-state index contributed by atoms with van der Waals surface area (Å²) < 4.78 is 0. The van der Waals surface area contributed by atoms with Crippen LogP contribution < -0.4 is 5.32 Å². The van der Waals surface area contributed by atoms with Crippen LogP contribution >= 0.6 is 0 Å². The summed E-state index contributed by atoms with van der Waals surface area (Å²) in [6.07, 6.45) is 7.42. The first-order chi connectivity index (χ1) is 17.3. The topological polar surface area (TPSA) is 29.1 Å². The standard InChI is InChI=1S/C33H31NO/c35-32(28-18-8-3-9-19-28)34-25-33(23-12-15-26-13-4-1-5-14-26)24-22-29(27-16-6-2-7-17-27)30-20-10-11-21-31(30)33/h1-21,29H,22-25H2,(H,34,35)/b15-12+/t29-,33+/m1/s1. The van der Waals surface area contributed by atoms with Crippen LogP contribution in [-0.2, 0) is 5.41 Å². The third kappa shape index (κ3) is 5.12. The van der Waals surface area contributed by atoms with Crippen molar-refractivity contribution in [1.29, 1.82) is 0 Å². The molecule has 0 radical (unpaired) electrons. The smallest absolute Gasteiger partial charge is 0.251 e. The molecule has 0 aliphatic heterocycles. The Balaban J connectivity index is 1.48. The van der Waals surface area contributed by atoms with Crippen molar-refractivity contribution in [3.05, 3.63) is 149 Å². The number of carbonyl (C=O) groups is 1. The molecule has 1 N–H and O–H groups in total. The van der Waals surface area contributed by atoms with Crippen molar-refractivity contribution in [2.75, 3.05) is 6.54 Å². The molecule has 5 rings (SSSR count). The summed E-state index contributed by atoms with van der Waals surface area (Å²) in [5, 5.41) is 3.28. The highest BCUT2D eigenvalue weighted by atomic mass is 16.1. The van der Waals surface area contributed by atoms with Gasteiger partial charge in [0.05, 0.1) is 0 Å². The average molecular weight is 458 g/mol. The van der Waals surface area contributed by atoms with E-state index in [9.17, 15) is 4.79 Å². The number of amides is 1. The SMILES string of the molecule is O=C(NC[C@]1(C/C=C/c2ccccc2)CC[C@H](c2ccccc2)c2ccccc21)c1ccccc1. The highest BCUT2D eigenvalue weighted by molar-refractivity contribution is 5.94. The normalized spacial score (nSPS) is 19.3. The Kier molecular flexibility index (Phi) is 6.90. The first-order valence-electron chi connectivity index (χ1n) is 12.4. The Morgan fingerprint density at radius 3 is 2.17 bits per heavy atom. The van der Waals surface area contributed by atoms with Crippen molar-refractivity contribution in [1.82, 2.24) is 5.32 Å². The zero-order valence-electron chi connectivity index (χ0n) is 19.9. The largest absolute Gasteiger partial charge is 0.351 e. The minimum atomic E-state index is -0.155. The van der Waals surface area contributed by atoms with E-state index in [4.69, 9.17) is 0 Å². The summed E-state index contributed by atoms with van der Waals surface area (Å²) in [7, 11) is 0. The van der Waals surface area contributed by atoms with Crippen LogP contribution in [0.4, 0.5) is 0 Å². The molecule has 4 aromatic carbocycles. The molecule has 0 bridgehead atoms. The molecule has 2 heteroatoms. The predicted molar refractivity (Wildman–Crippen MR) is 145 cm³/mol. The number of hydrogen-bond acceptors (Lipinski definition) is 1. The highest BCUT2D eigenvalue weighted by Gasteiger charge is 2.39. The van der Waals surface area contributed by atoms with Crippen LogP contribution in [0.2, 0.25) is 0 Å². The lowest BCUT2D eigenvalue weighted by Gasteiger charge is -2.42. The van der Waals surface area contributed by atoms with Gasteiger partial charge in [0.15, 0.2) is 0 Å². The molecule has 2 nitrogen and oxygen atoms in total. The number of nitrogens with one attached hydrogen (secondary N) is 1. The first kappa shape index (κ1) is 22.9. The van der Waals surface area contributed by atoms with Crippen LogP contribution in [0.15, 0.2) is 121 Å². The second kappa shape index (κ2) is 10.6. The lowest BCUT2D eigenvalue weighted by atomic mass is 9.63. The van der Waals surface area contributed by atoms with Gasteiger partial charge in [0.25, 0.3) is 5.91 Å². The van der Waals surface area contributed by atoms with Gasteiger partial charge in [0.2, 0.25) is 0 Å². The number of allylic oxidation sites excluding steroid dienone is 1. The number of rotatable bonds is 7. The molecular formula is C33H31NO. The molecular weight excluding hydrogens is 426 g/mol. The zero-order chi connectivity index (χ0) is 23.9. The van der Waals surface area contributed by atoms with Crippen molar-refractivity contribution >= 4 is 12.0 Å². The molecule has 0 saturated carbocycles. The monoisotopic (exact) mass is 457 g/mol. The molecule has 1 amide bonds. The Hall–Kier alpha value is -3.91. The Morgan fingerprint density at radius 2 is 1.43 bits per heavy atom. The van der Waals surface area contributed by atoms with E-state index in [1.807, 2.05) is 36.4 Å². The van der Waals surface area contributed by atoms with E-state index in [-0.39, 0.29) is 11.3 Å². The summed E-state index contributed by atoms with van der Waals surface area (Å²) >= 11 is 0. The minimum Gasteiger partial charge on any atom is -0.351 e. The van der Waals surface area contributed by atoms with Crippen molar-refractivity contribution in [3.63, 3.8) is 0 Å². The molecule has 0 heterocycles. The van der Waals surface area contributed by atoms with Gasteiger partial charge in [-0.1, -0.05) is 115 Å². The van der Waals surface area contributed by atoms with E-state index in [0.29, 0.717) is 18.0 Å². The van der Waals surface area contributed by atoms with Crippen LogP contribution in [-0.4, -0.2) is 12.5 Å². The molecule has 0 aromatic heterocycles. The molecule has 35 heavy (non-hydrogen) atoms. The summed E-state index contributed by atoms with van der Waals surface area (Å²) in [5.41, 5.74) is 5.84. The summed E-state index contributed by atoms with van der Waals surface area (Å²) in [6.45, 7) is 0.610. The highest BCUT2D eigenvalue weighted by Crippen LogP contribution is 2.47. The molecule has 4 aromatic rings. The first-order valence-corrected chi connectivity index (χ1v) is 12.4. The van der Waals surface area contributed by atoms with Gasteiger partial charge in [-0.25, -0.2) is 0 Å². The number of hydrogen-bond donors (Lipinski definition) is 1. The van der Waals surface area contributed by atoms with Crippen LogP contribution in [0, 0.1) is 0 Å². The van der Waals surface area contributed by atoms with Gasteiger partial charge in [-0.3, -0.25) is 4.79 Å². The van der Waals surface area contributed by atoms with Crippen LogP contribution in [0.1, 0.15) is 57.8 Å². The molecule has 2 atom stereocenters. The van der Waals surface area contributed by atoms with Gasteiger partial charge < -0.3 is 5.32 Å². The Morgan fingerprint density at radius 1 is 0.800 bits per heavy atom. The quantitative estimate of drug-likeness (QED) is 0.308. The van der Waals surface area contributed by atoms with Gasteiger partial charge >= 0.3 is 0 Å². The third-order valence-electron chi connectivity index (χ3n) is 7.26. The zero-order valence-corrected chi connectivity index (χ0v) is 19.9. The molecule has 1 aliphatic carbocycles. The van der Waals surface area contributed by atoms with Gasteiger partial charge in [-0.15, -0.1) is 0 Å². The van der Waals surface area contributed by atoms with Crippen molar-refractivity contribution < 1.29 is 4.79 Å². The lowest BCUT2D eigenvalue weighted by molar-refractivity contribution is 0.0940. The fraction of sp³-hybridized carbons (Fsp3) is 0.182. The van der Waals surface area contributed by atoms with Crippen LogP contribution in [0.5, 0.6) is 0 Å². The summed E-state index contributed by atoms with van der Waals surface area (Å²) in [4.78, 5) is 13.0. The van der Waals surface area contributed by atoms with Gasteiger partial charge in [-0.2, -0.15) is 0 Å². The maximum atomic E-state index is 13.0. The van der Waals surface area contributed by atoms with Crippen LogP contribution in [0.25, 0.3) is 6.08 Å². The Labute approximate surface area is 208 Å². The number of carbonyl (C=O) groups excluding carboxylic acids is 1. The fourth-order valence-corrected chi connectivity index (χ4v) is 5.42. The molecule has 0 unspecified atom stereocenters. The molecule has 1 aliphatic rings. The number of benzene rings is 4. The van der Waals surface area contributed by atoms with Crippen molar-refractivity contribution in [2.24, 2.45) is 0 Å². The van der Waals surface area contributed by atoms with Gasteiger partial charge in [0.1, 0.15) is 0 Å². The van der Waals surface area contributed by atoms with E-state index < -0.39 is 0 Å². The van der Waals surface area contributed by atoms with Crippen LogP contribution in [0.3, 0.4) is 0 Å². The third-order valence-corrected chi connectivity index (χ3v) is 7.26. The lowest BCUT2D eigenvalue weighted by Crippen LogP contribution is -2.43. The predicted octanol–water partition coefficient (Wildman–Crippen LogP) is 7.38. The van der Waals surface area contributed by atoms with E-state index in [1.54, 1.807) is 0 Å².